The van der Waals surface area contributed by atoms with Crippen LogP contribution >= 0.6 is 0 Å². The molecule has 21 heavy (non-hydrogen) atoms. The molecule has 3 rings (SSSR count). The van der Waals surface area contributed by atoms with Crippen LogP contribution in [0.3, 0.4) is 0 Å². The summed E-state index contributed by atoms with van der Waals surface area (Å²) in [5.41, 5.74) is 1.62. The quantitative estimate of drug-likeness (QED) is 0.898. The van der Waals surface area contributed by atoms with E-state index in [0.29, 0.717) is 12.1 Å². The van der Waals surface area contributed by atoms with E-state index >= 15 is 0 Å². The number of ether oxygens (including phenoxy) is 1. The lowest BCUT2D eigenvalue weighted by atomic mass is 10.1. The minimum atomic E-state index is -1.04. The molecule has 1 atom stereocenters. The number of aromatic nitrogens is 1. The fraction of sp³-hybridized carbons (Fsp3) is 0.333. The van der Waals surface area contributed by atoms with Crippen molar-refractivity contribution in [2.24, 2.45) is 7.05 Å². The topological polar surface area (TPSA) is 71.8 Å². The molecule has 1 aliphatic heterocycles. The number of amides is 1. The number of morpholine rings is 1. The van der Waals surface area contributed by atoms with Crippen molar-refractivity contribution in [2.45, 2.75) is 6.10 Å². The highest BCUT2D eigenvalue weighted by Crippen LogP contribution is 2.18. The Morgan fingerprint density at radius 2 is 2.14 bits per heavy atom. The maximum atomic E-state index is 12.5. The fourth-order valence-corrected chi connectivity index (χ4v) is 2.58. The second-order valence-corrected chi connectivity index (χ2v) is 5.15. The summed E-state index contributed by atoms with van der Waals surface area (Å²) in [7, 11) is 1.95. The van der Waals surface area contributed by atoms with Gasteiger partial charge in [0, 0.05) is 36.3 Å². The third-order valence-corrected chi connectivity index (χ3v) is 3.76. The van der Waals surface area contributed by atoms with E-state index in [-0.39, 0.29) is 19.1 Å². The average molecular weight is 288 g/mol. The van der Waals surface area contributed by atoms with Crippen LogP contribution in [0, 0.1) is 0 Å². The minimum Gasteiger partial charge on any atom is -0.479 e. The Morgan fingerprint density at radius 3 is 2.90 bits per heavy atom. The van der Waals surface area contributed by atoms with Crippen LogP contribution in [0.5, 0.6) is 0 Å². The van der Waals surface area contributed by atoms with Crippen molar-refractivity contribution in [3.05, 3.63) is 36.0 Å². The molecule has 2 aromatic rings. The molecule has 0 bridgehead atoms. The lowest BCUT2D eigenvalue weighted by Gasteiger charge is -2.30. The predicted octanol–water partition coefficient (Wildman–Crippen LogP) is 1.10. The third-order valence-electron chi connectivity index (χ3n) is 3.76. The van der Waals surface area contributed by atoms with Crippen LogP contribution in [0.2, 0.25) is 0 Å². The summed E-state index contributed by atoms with van der Waals surface area (Å²) in [5.74, 6) is -1.19. The number of aliphatic carboxylic acids is 1. The number of hydrogen-bond acceptors (Lipinski definition) is 3. The van der Waals surface area contributed by atoms with Gasteiger partial charge < -0.3 is 19.3 Å². The van der Waals surface area contributed by atoms with E-state index in [9.17, 15) is 9.59 Å². The molecule has 110 valence electrons. The van der Waals surface area contributed by atoms with Crippen molar-refractivity contribution in [1.82, 2.24) is 9.47 Å². The van der Waals surface area contributed by atoms with E-state index in [4.69, 9.17) is 9.84 Å². The number of aryl methyl sites for hydroxylation is 1. The highest BCUT2D eigenvalue weighted by molar-refractivity contribution is 5.98. The molecular weight excluding hydrogens is 272 g/mol. The third kappa shape index (κ3) is 2.50. The van der Waals surface area contributed by atoms with E-state index < -0.39 is 12.1 Å². The van der Waals surface area contributed by atoms with Crippen molar-refractivity contribution in [2.75, 3.05) is 19.7 Å². The Balaban J connectivity index is 1.84. The number of carboxylic acids is 1. The zero-order valence-corrected chi connectivity index (χ0v) is 11.7. The molecule has 1 amide bonds. The van der Waals surface area contributed by atoms with Crippen molar-refractivity contribution in [1.29, 1.82) is 0 Å². The van der Waals surface area contributed by atoms with Gasteiger partial charge in [-0.25, -0.2) is 4.79 Å². The van der Waals surface area contributed by atoms with Crippen LogP contribution in [0.25, 0.3) is 10.9 Å². The Morgan fingerprint density at radius 1 is 1.33 bits per heavy atom. The number of carbonyl (C=O) groups is 2. The summed E-state index contributed by atoms with van der Waals surface area (Å²) in [5, 5.41) is 9.98. The van der Waals surface area contributed by atoms with Crippen LogP contribution in [0.1, 0.15) is 10.4 Å². The Kier molecular flexibility index (Phi) is 3.39. The van der Waals surface area contributed by atoms with Gasteiger partial charge in [-0.05, 0) is 24.3 Å². The molecule has 1 aliphatic rings. The number of carbonyl (C=O) groups excluding carboxylic acids is 1. The van der Waals surface area contributed by atoms with Gasteiger partial charge in [0.25, 0.3) is 5.91 Å². The van der Waals surface area contributed by atoms with Crippen molar-refractivity contribution < 1.29 is 19.4 Å². The van der Waals surface area contributed by atoms with E-state index in [2.05, 4.69) is 0 Å². The number of rotatable bonds is 2. The van der Waals surface area contributed by atoms with Gasteiger partial charge in [-0.15, -0.1) is 0 Å². The van der Waals surface area contributed by atoms with Crippen LogP contribution in [0.15, 0.2) is 30.5 Å². The fourth-order valence-electron chi connectivity index (χ4n) is 2.58. The summed E-state index contributed by atoms with van der Waals surface area (Å²) in [4.78, 5) is 25.0. The van der Waals surface area contributed by atoms with Gasteiger partial charge in [-0.1, -0.05) is 0 Å². The standard InChI is InChI=1S/C15H16N2O4/c1-16-5-4-10-8-11(2-3-12(10)16)14(18)17-6-7-21-13(9-17)15(19)20/h2-5,8,13H,6-7,9H2,1H3,(H,19,20). The zero-order valence-electron chi connectivity index (χ0n) is 11.7. The number of carboxylic acid groups (broad SMARTS) is 1. The van der Waals surface area contributed by atoms with E-state index in [1.54, 1.807) is 6.07 Å². The van der Waals surface area contributed by atoms with Gasteiger partial charge in [0.05, 0.1) is 13.2 Å². The molecule has 6 nitrogen and oxygen atoms in total. The highest BCUT2D eigenvalue weighted by Gasteiger charge is 2.29. The van der Waals surface area contributed by atoms with Gasteiger partial charge in [-0.3, -0.25) is 4.79 Å². The molecule has 2 heterocycles. The first-order valence-electron chi connectivity index (χ1n) is 6.75. The molecule has 0 spiro atoms. The molecule has 1 unspecified atom stereocenters. The number of fused-ring (bicyclic) bond motifs is 1. The Labute approximate surface area is 121 Å². The average Bonchev–Trinajstić information content (AvgIpc) is 2.87. The smallest absolute Gasteiger partial charge is 0.334 e. The first-order chi connectivity index (χ1) is 10.1. The largest absolute Gasteiger partial charge is 0.479 e. The van der Waals surface area contributed by atoms with Gasteiger partial charge in [-0.2, -0.15) is 0 Å². The van der Waals surface area contributed by atoms with Crippen molar-refractivity contribution >= 4 is 22.8 Å². The molecule has 0 radical (unpaired) electrons. The van der Waals surface area contributed by atoms with Gasteiger partial charge >= 0.3 is 5.97 Å². The monoisotopic (exact) mass is 288 g/mol. The molecular formula is C15H16N2O4. The molecule has 1 N–H and O–H groups in total. The first kappa shape index (κ1) is 13.6. The van der Waals surface area contributed by atoms with Gasteiger partial charge in [0.2, 0.25) is 0 Å². The van der Waals surface area contributed by atoms with E-state index in [0.717, 1.165) is 10.9 Å². The maximum Gasteiger partial charge on any atom is 0.334 e. The zero-order chi connectivity index (χ0) is 15.0. The van der Waals surface area contributed by atoms with E-state index in [1.165, 1.54) is 4.90 Å². The van der Waals surface area contributed by atoms with Crippen LogP contribution < -0.4 is 0 Å². The van der Waals surface area contributed by atoms with Crippen molar-refractivity contribution in [3.63, 3.8) is 0 Å². The second kappa shape index (κ2) is 5.21. The first-order valence-corrected chi connectivity index (χ1v) is 6.75. The molecule has 6 heteroatoms. The lowest BCUT2D eigenvalue weighted by Crippen LogP contribution is -2.48. The number of hydrogen-bond donors (Lipinski definition) is 1. The Bertz CT molecular complexity index is 707. The number of nitrogens with zero attached hydrogens (tertiary/aromatic N) is 2. The summed E-state index contributed by atoms with van der Waals surface area (Å²) < 4.78 is 7.12. The molecule has 0 saturated carbocycles. The van der Waals surface area contributed by atoms with Gasteiger partial charge in [0.15, 0.2) is 6.10 Å². The van der Waals surface area contributed by atoms with Crippen molar-refractivity contribution in [3.8, 4) is 0 Å². The second-order valence-electron chi connectivity index (χ2n) is 5.15. The van der Waals surface area contributed by atoms with Crippen LogP contribution in [-0.4, -0.2) is 52.3 Å². The van der Waals surface area contributed by atoms with Gasteiger partial charge in [0.1, 0.15) is 0 Å². The lowest BCUT2D eigenvalue weighted by molar-refractivity contribution is -0.154. The Hall–Kier alpha value is -2.34. The highest BCUT2D eigenvalue weighted by atomic mass is 16.5. The molecule has 1 saturated heterocycles. The number of benzene rings is 1. The SMILES string of the molecule is Cn1ccc2cc(C(=O)N3CCOC(C(=O)O)C3)ccc21. The van der Waals surface area contributed by atoms with Crippen LogP contribution in [-0.2, 0) is 16.6 Å². The normalized spacial score (nSPS) is 18.9. The van der Waals surface area contributed by atoms with Crippen LogP contribution in [0.4, 0.5) is 0 Å². The molecule has 1 aromatic carbocycles. The predicted molar refractivity (Wildman–Crippen MR) is 76.2 cm³/mol. The molecule has 0 aliphatic carbocycles. The minimum absolute atomic E-state index is 0.0843. The summed E-state index contributed by atoms with van der Waals surface area (Å²) >= 11 is 0. The summed E-state index contributed by atoms with van der Waals surface area (Å²) in [6.45, 7) is 0.743. The van der Waals surface area contributed by atoms with E-state index in [1.807, 2.05) is 36.0 Å². The molecule has 1 fully saturated rings. The molecule has 1 aromatic heterocycles. The summed E-state index contributed by atoms with van der Waals surface area (Å²) in [6, 6.07) is 7.46. The maximum absolute atomic E-state index is 12.5. The summed E-state index contributed by atoms with van der Waals surface area (Å²) in [6.07, 6.45) is 0.997.